The van der Waals surface area contributed by atoms with E-state index in [1.165, 1.54) is 26.9 Å². The van der Waals surface area contributed by atoms with Crippen molar-refractivity contribution in [1.29, 1.82) is 0 Å². The lowest BCUT2D eigenvalue weighted by Gasteiger charge is -2.19. The first-order chi connectivity index (χ1) is 13.8. The van der Waals surface area contributed by atoms with Crippen molar-refractivity contribution in [3.63, 3.8) is 0 Å². The molecule has 0 unspecified atom stereocenters. The Kier molecular flexibility index (Phi) is 7.47. The third-order valence-corrected chi connectivity index (χ3v) is 4.66. The Balaban J connectivity index is 2.03. The van der Waals surface area contributed by atoms with Crippen LogP contribution in [0.25, 0.3) is 0 Å². The number of carbonyl (C=O) groups excluding carboxylic acids is 2. The Morgan fingerprint density at radius 3 is 2.10 bits per heavy atom. The summed E-state index contributed by atoms with van der Waals surface area (Å²) in [6.07, 6.45) is 0. The van der Waals surface area contributed by atoms with E-state index in [1.54, 1.807) is 24.1 Å². The molecule has 29 heavy (non-hydrogen) atoms. The van der Waals surface area contributed by atoms with Gasteiger partial charge in [0.15, 0.2) is 11.5 Å². The summed E-state index contributed by atoms with van der Waals surface area (Å²) >= 11 is 0. The zero-order valence-electron chi connectivity index (χ0n) is 17.8. The number of aryl methyl sites for hydroxylation is 2. The van der Waals surface area contributed by atoms with Crippen molar-refractivity contribution in [1.82, 2.24) is 10.2 Å². The molecule has 0 spiro atoms. The van der Waals surface area contributed by atoms with Gasteiger partial charge in [-0.05, 0) is 37.1 Å². The number of nitrogens with zero attached hydrogens (tertiary/aromatic N) is 1. The number of likely N-dealkylation sites (N-methyl/N-ethyl adjacent to an activating group) is 1. The SMILES string of the molecule is COc1cc(C(=O)NCC(=O)N(C)Cc2ccc(C)cc2C)cc(OC)c1OC. The monoisotopic (exact) mass is 400 g/mol. The van der Waals surface area contributed by atoms with E-state index in [0.29, 0.717) is 29.4 Å². The average molecular weight is 400 g/mol. The number of rotatable bonds is 8. The molecule has 2 amide bonds. The number of carbonyl (C=O) groups is 2. The summed E-state index contributed by atoms with van der Waals surface area (Å²) in [6, 6.07) is 9.21. The van der Waals surface area contributed by atoms with Gasteiger partial charge >= 0.3 is 0 Å². The van der Waals surface area contributed by atoms with E-state index in [1.807, 2.05) is 26.0 Å². The van der Waals surface area contributed by atoms with Crippen LogP contribution in [0.1, 0.15) is 27.0 Å². The number of amides is 2. The van der Waals surface area contributed by atoms with Crippen molar-refractivity contribution in [2.24, 2.45) is 0 Å². The molecule has 2 rings (SSSR count). The van der Waals surface area contributed by atoms with Gasteiger partial charge in [-0.25, -0.2) is 0 Å². The first kappa shape index (κ1) is 22.1. The molecule has 2 aromatic rings. The first-order valence-corrected chi connectivity index (χ1v) is 9.19. The molecule has 0 saturated heterocycles. The quantitative estimate of drug-likeness (QED) is 0.737. The van der Waals surface area contributed by atoms with Crippen LogP contribution in [0.2, 0.25) is 0 Å². The molecule has 0 aliphatic rings. The molecule has 0 aliphatic heterocycles. The number of hydrogen-bond donors (Lipinski definition) is 1. The molecule has 0 heterocycles. The van der Waals surface area contributed by atoms with Crippen LogP contribution in [0.15, 0.2) is 30.3 Å². The van der Waals surface area contributed by atoms with Crippen LogP contribution >= 0.6 is 0 Å². The standard InChI is InChI=1S/C22H28N2O5/c1-14-7-8-16(15(2)9-14)13-24(3)20(25)12-23-22(26)17-10-18(27-4)21(29-6)19(11-17)28-5/h7-11H,12-13H2,1-6H3,(H,23,26). The number of benzene rings is 2. The second-order valence-corrected chi connectivity index (χ2v) is 6.78. The van der Waals surface area contributed by atoms with Crippen molar-refractivity contribution >= 4 is 11.8 Å². The van der Waals surface area contributed by atoms with E-state index >= 15 is 0 Å². The molecule has 0 bridgehead atoms. The van der Waals surface area contributed by atoms with Gasteiger partial charge in [-0.2, -0.15) is 0 Å². The normalized spacial score (nSPS) is 10.3. The number of hydrogen-bond acceptors (Lipinski definition) is 5. The number of methoxy groups -OCH3 is 3. The zero-order valence-corrected chi connectivity index (χ0v) is 17.8. The molecule has 0 atom stereocenters. The Morgan fingerprint density at radius 1 is 0.966 bits per heavy atom. The molecule has 7 nitrogen and oxygen atoms in total. The highest BCUT2D eigenvalue weighted by atomic mass is 16.5. The van der Waals surface area contributed by atoms with Crippen LogP contribution in [-0.4, -0.2) is 51.6 Å². The summed E-state index contributed by atoms with van der Waals surface area (Å²) in [6.45, 7) is 4.42. The second-order valence-electron chi connectivity index (χ2n) is 6.78. The predicted octanol–water partition coefficient (Wildman–Crippen LogP) is 2.72. The molecular weight excluding hydrogens is 372 g/mol. The Hall–Kier alpha value is -3.22. The fourth-order valence-corrected chi connectivity index (χ4v) is 2.97. The maximum absolute atomic E-state index is 12.5. The maximum Gasteiger partial charge on any atom is 0.251 e. The fraction of sp³-hybridized carbons (Fsp3) is 0.364. The zero-order chi connectivity index (χ0) is 21.6. The van der Waals surface area contributed by atoms with Crippen LogP contribution in [0.4, 0.5) is 0 Å². The Morgan fingerprint density at radius 2 is 1.59 bits per heavy atom. The molecule has 1 N–H and O–H groups in total. The van der Waals surface area contributed by atoms with Gasteiger partial charge in [0, 0.05) is 19.2 Å². The van der Waals surface area contributed by atoms with Crippen molar-refractivity contribution < 1.29 is 23.8 Å². The first-order valence-electron chi connectivity index (χ1n) is 9.19. The minimum atomic E-state index is -0.405. The van der Waals surface area contributed by atoms with Crippen LogP contribution in [-0.2, 0) is 11.3 Å². The number of nitrogens with one attached hydrogen (secondary N) is 1. The van der Waals surface area contributed by atoms with E-state index in [4.69, 9.17) is 14.2 Å². The summed E-state index contributed by atoms with van der Waals surface area (Å²) in [5.74, 6) is 0.546. The average Bonchev–Trinajstić information content (AvgIpc) is 2.72. The van der Waals surface area contributed by atoms with E-state index in [9.17, 15) is 9.59 Å². The van der Waals surface area contributed by atoms with Crippen LogP contribution in [0.3, 0.4) is 0 Å². The summed E-state index contributed by atoms with van der Waals surface area (Å²) in [5.41, 5.74) is 3.69. The second kappa shape index (κ2) is 9.82. The molecule has 0 aliphatic carbocycles. The summed E-state index contributed by atoms with van der Waals surface area (Å²) < 4.78 is 15.8. The van der Waals surface area contributed by atoms with Crippen molar-refractivity contribution in [2.45, 2.75) is 20.4 Å². The molecule has 0 radical (unpaired) electrons. The highest BCUT2D eigenvalue weighted by Crippen LogP contribution is 2.38. The summed E-state index contributed by atoms with van der Waals surface area (Å²) in [5, 5.41) is 2.65. The van der Waals surface area contributed by atoms with Gasteiger partial charge in [0.05, 0.1) is 27.9 Å². The molecule has 156 valence electrons. The fourth-order valence-electron chi connectivity index (χ4n) is 2.97. The minimum Gasteiger partial charge on any atom is -0.493 e. The van der Waals surface area contributed by atoms with E-state index in [0.717, 1.165) is 11.1 Å². The Labute approximate surface area is 171 Å². The Bertz CT molecular complexity index is 870. The van der Waals surface area contributed by atoms with Gasteiger partial charge < -0.3 is 24.4 Å². The van der Waals surface area contributed by atoms with Gasteiger partial charge in [0.2, 0.25) is 11.7 Å². The van der Waals surface area contributed by atoms with Crippen molar-refractivity contribution in [3.8, 4) is 17.2 Å². The third kappa shape index (κ3) is 5.40. The summed E-state index contributed by atoms with van der Waals surface area (Å²) in [4.78, 5) is 26.6. The van der Waals surface area contributed by atoms with E-state index in [2.05, 4.69) is 11.4 Å². The predicted molar refractivity (Wildman–Crippen MR) is 111 cm³/mol. The van der Waals surface area contributed by atoms with Crippen molar-refractivity contribution in [2.75, 3.05) is 34.9 Å². The number of ether oxygens (including phenoxy) is 3. The minimum absolute atomic E-state index is 0.114. The lowest BCUT2D eigenvalue weighted by atomic mass is 10.1. The van der Waals surface area contributed by atoms with E-state index < -0.39 is 5.91 Å². The molecule has 0 saturated carbocycles. The molecular formula is C22H28N2O5. The molecule has 2 aromatic carbocycles. The van der Waals surface area contributed by atoms with Crippen molar-refractivity contribution in [3.05, 3.63) is 52.6 Å². The van der Waals surface area contributed by atoms with Gasteiger partial charge in [-0.15, -0.1) is 0 Å². The van der Waals surface area contributed by atoms with Crippen LogP contribution in [0, 0.1) is 13.8 Å². The smallest absolute Gasteiger partial charge is 0.251 e. The topological polar surface area (TPSA) is 77.1 Å². The lowest BCUT2D eigenvalue weighted by molar-refractivity contribution is -0.129. The van der Waals surface area contributed by atoms with Crippen LogP contribution in [0.5, 0.6) is 17.2 Å². The summed E-state index contributed by atoms with van der Waals surface area (Å²) in [7, 11) is 6.16. The van der Waals surface area contributed by atoms with Gasteiger partial charge in [0.1, 0.15) is 0 Å². The highest BCUT2D eigenvalue weighted by molar-refractivity contribution is 5.97. The third-order valence-electron chi connectivity index (χ3n) is 4.66. The van der Waals surface area contributed by atoms with Gasteiger partial charge in [-0.1, -0.05) is 23.8 Å². The maximum atomic E-state index is 12.5. The molecule has 0 fully saturated rings. The van der Waals surface area contributed by atoms with E-state index in [-0.39, 0.29) is 12.5 Å². The molecule has 0 aromatic heterocycles. The largest absolute Gasteiger partial charge is 0.493 e. The molecule has 7 heteroatoms. The van der Waals surface area contributed by atoms with Gasteiger partial charge in [-0.3, -0.25) is 9.59 Å². The van der Waals surface area contributed by atoms with Gasteiger partial charge in [0.25, 0.3) is 5.91 Å². The lowest BCUT2D eigenvalue weighted by Crippen LogP contribution is -2.38. The van der Waals surface area contributed by atoms with Crippen LogP contribution < -0.4 is 19.5 Å². The highest BCUT2D eigenvalue weighted by Gasteiger charge is 2.18.